The summed E-state index contributed by atoms with van der Waals surface area (Å²) in [6.07, 6.45) is 0. The Bertz CT molecular complexity index is 930. The number of benzene rings is 2. The van der Waals surface area contributed by atoms with Gasteiger partial charge < -0.3 is 20.7 Å². The van der Waals surface area contributed by atoms with E-state index in [1.807, 2.05) is 0 Å². The third-order valence-corrected chi connectivity index (χ3v) is 4.27. The Hall–Kier alpha value is -3.49. The van der Waals surface area contributed by atoms with Gasteiger partial charge in [-0.2, -0.15) is 0 Å². The van der Waals surface area contributed by atoms with Crippen molar-refractivity contribution in [3.05, 3.63) is 59.7 Å². The third-order valence-electron chi connectivity index (χ3n) is 4.27. The minimum atomic E-state index is -1.05. The molecule has 0 heterocycles. The van der Waals surface area contributed by atoms with Crippen LogP contribution in [-0.2, 0) is 9.59 Å². The number of carbonyl (C=O) groups excluding carboxylic acids is 3. The standard InChI is InChI=1S/C22H25F2N3O4/c1-4-25-18(28)12-31-15-8-5-7-14(11-15)26-22(30)20(13(2)3)27-21(29)19-16(23)9-6-10-17(19)24/h5-11,13,20H,4,12H2,1-3H3,(H,25,28)(H,26,30)(H,27,29). The lowest BCUT2D eigenvalue weighted by Gasteiger charge is -2.22. The fourth-order valence-corrected chi connectivity index (χ4v) is 2.74. The highest BCUT2D eigenvalue weighted by atomic mass is 19.1. The van der Waals surface area contributed by atoms with Gasteiger partial charge >= 0.3 is 0 Å². The number of carbonyl (C=O) groups is 3. The van der Waals surface area contributed by atoms with Crippen molar-refractivity contribution >= 4 is 23.4 Å². The zero-order chi connectivity index (χ0) is 23.0. The largest absolute Gasteiger partial charge is 0.484 e. The van der Waals surface area contributed by atoms with Crippen molar-refractivity contribution in [1.82, 2.24) is 10.6 Å². The van der Waals surface area contributed by atoms with Crippen molar-refractivity contribution in [2.24, 2.45) is 5.92 Å². The molecule has 3 amide bonds. The maximum absolute atomic E-state index is 13.9. The van der Waals surface area contributed by atoms with Crippen LogP contribution in [0.4, 0.5) is 14.5 Å². The lowest BCUT2D eigenvalue weighted by atomic mass is 10.0. The first-order valence-corrected chi connectivity index (χ1v) is 9.78. The fourth-order valence-electron chi connectivity index (χ4n) is 2.74. The van der Waals surface area contributed by atoms with Gasteiger partial charge in [-0.15, -0.1) is 0 Å². The quantitative estimate of drug-likeness (QED) is 0.567. The van der Waals surface area contributed by atoms with Crippen LogP contribution in [0.15, 0.2) is 42.5 Å². The summed E-state index contributed by atoms with van der Waals surface area (Å²) in [5.41, 5.74) is -0.378. The van der Waals surface area contributed by atoms with Crippen molar-refractivity contribution in [3.63, 3.8) is 0 Å². The van der Waals surface area contributed by atoms with E-state index < -0.39 is 35.1 Å². The van der Waals surface area contributed by atoms with Crippen LogP contribution in [0.25, 0.3) is 0 Å². The second-order valence-electron chi connectivity index (χ2n) is 7.05. The summed E-state index contributed by atoms with van der Waals surface area (Å²) < 4.78 is 33.1. The van der Waals surface area contributed by atoms with Crippen LogP contribution in [-0.4, -0.2) is 36.9 Å². The molecule has 2 aromatic rings. The Kier molecular flexibility index (Phi) is 8.48. The van der Waals surface area contributed by atoms with Gasteiger partial charge in [0.05, 0.1) is 0 Å². The first-order valence-electron chi connectivity index (χ1n) is 9.78. The van der Waals surface area contributed by atoms with Gasteiger partial charge in [-0.25, -0.2) is 8.78 Å². The smallest absolute Gasteiger partial charge is 0.257 e. The number of anilines is 1. The second kappa shape index (κ2) is 11.1. The molecule has 0 saturated carbocycles. The summed E-state index contributed by atoms with van der Waals surface area (Å²) in [5.74, 6) is -3.90. The molecule has 7 nitrogen and oxygen atoms in total. The van der Waals surface area contributed by atoms with E-state index in [1.54, 1.807) is 39.0 Å². The lowest BCUT2D eigenvalue weighted by Crippen LogP contribution is -2.47. The summed E-state index contributed by atoms with van der Waals surface area (Å²) in [5, 5.41) is 7.63. The predicted molar refractivity (Wildman–Crippen MR) is 112 cm³/mol. The van der Waals surface area contributed by atoms with Crippen molar-refractivity contribution in [2.75, 3.05) is 18.5 Å². The molecule has 0 saturated heterocycles. The van der Waals surface area contributed by atoms with E-state index in [-0.39, 0.29) is 18.4 Å². The topological polar surface area (TPSA) is 96.5 Å². The average molecular weight is 433 g/mol. The molecule has 0 radical (unpaired) electrons. The van der Waals surface area contributed by atoms with Crippen LogP contribution in [0.1, 0.15) is 31.1 Å². The van der Waals surface area contributed by atoms with Gasteiger partial charge in [-0.1, -0.05) is 26.0 Å². The van der Waals surface area contributed by atoms with Gasteiger partial charge in [0, 0.05) is 18.3 Å². The Morgan fingerprint density at radius 2 is 1.68 bits per heavy atom. The van der Waals surface area contributed by atoms with Crippen LogP contribution < -0.4 is 20.7 Å². The number of hydrogen-bond donors (Lipinski definition) is 3. The number of rotatable bonds is 9. The molecule has 0 fully saturated rings. The van der Waals surface area contributed by atoms with Crippen LogP contribution in [0.3, 0.4) is 0 Å². The van der Waals surface area contributed by atoms with E-state index in [0.29, 0.717) is 18.0 Å². The number of amides is 3. The zero-order valence-electron chi connectivity index (χ0n) is 17.5. The van der Waals surface area contributed by atoms with E-state index in [9.17, 15) is 23.2 Å². The van der Waals surface area contributed by atoms with E-state index in [0.717, 1.165) is 18.2 Å². The van der Waals surface area contributed by atoms with E-state index in [4.69, 9.17) is 4.74 Å². The van der Waals surface area contributed by atoms with Crippen molar-refractivity contribution in [3.8, 4) is 5.75 Å². The molecule has 0 aliphatic rings. The number of nitrogens with one attached hydrogen (secondary N) is 3. The molecule has 2 aromatic carbocycles. The summed E-state index contributed by atoms with van der Waals surface area (Å²) in [4.78, 5) is 36.6. The molecule has 2 rings (SSSR count). The van der Waals surface area contributed by atoms with Gasteiger partial charge in [0.1, 0.15) is 29.0 Å². The third kappa shape index (κ3) is 6.77. The summed E-state index contributed by atoms with van der Waals surface area (Å²) in [7, 11) is 0. The Morgan fingerprint density at radius 3 is 2.29 bits per heavy atom. The monoisotopic (exact) mass is 433 g/mol. The minimum Gasteiger partial charge on any atom is -0.484 e. The van der Waals surface area contributed by atoms with Gasteiger partial charge in [0.25, 0.3) is 11.8 Å². The second-order valence-corrected chi connectivity index (χ2v) is 7.05. The minimum absolute atomic E-state index is 0.176. The highest BCUT2D eigenvalue weighted by Crippen LogP contribution is 2.19. The molecule has 0 aliphatic carbocycles. The van der Waals surface area contributed by atoms with Crippen molar-refractivity contribution in [2.45, 2.75) is 26.8 Å². The van der Waals surface area contributed by atoms with Crippen molar-refractivity contribution in [1.29, 1.82) is 0 Å². The first-order chi connectivity index (χ1) is 14.7. The van der Waals surface area contributed by atoms with Crippen LogP contribution in [0, 0.1) is 17.6 Å². The molecule has 9 heteroatoms. The number of ether oxygens (including phenoxy) is 1. The average Bonchev–Trinajstić information content (AvgIpc) is 2.70. The Balaban J connectivity index is 2.08. The zero-order valence-corrected chi connectivity index (χ0v) is 17.5. The molecule has 0 spiro atoms. The van der Waals surface area contributed by atoms with E-state index in [1.165, 1.54) is 6.07 Å². The van der Waals surface area contributed by atoms with Crippen LogP contribution in [0.5, 0.6) is 5.75 Å². The molecule has 1 unspecified atom stereocenters. The molecule has 166 valence electrons. The summed E-state index contributed by atoms with van der Waals surface area (Å²) in [6, 6.07) is 8.40. The molecule has 3 N–H and O–H groups in total. The SMILES string of the molecule is CCNC(=O)COc1cccc(NC(=O)C(NC(=O)c2c(F)cccc2F)C(C)C)c1. The number of likely N-dealkylation sites (N-methyl/N-ethyl adjacent to an activating group) is 1. The molecule has 0 aliphatic heterocycles. The summed E-state index contributed by atoms with van der Waals surface area (Å²) >= 11 is 0. The number of hydrogen-bond acceptors (Lipinski definition) is 4. The molecule has 0 bridgehead atoms. The predicted octanol–water partition coefficient (Wildman–Crippen LogP) is 2.87. The highest BCUT2D eigenvalue weighted by Gasteiger charge is 2.27. The molecular formula is C22H25F2N3O4. The van der Waals surface area contributed by atoms with Gasteiger partial charge in [-0.05, 0) is 37.1 Å². The van der Waals surface area contributed by atoms with E-state index >= 15 is 0 Å². The molecular weight excluding hydrogens is 408 g/mol. The maximum atomic E-state index is 13.9. The highest BCUT2D eigenvalue weighted by molar-refractivity contribution is 6.01. The van der Waals surface area contributed by atoms with E-state index in [2.05, 4.69) is 16.0 Å². The van der Waals surface area contributed by atoms with Crippen LogP contribution >= 0.6 is 0 Å². The molecule has 1 atom stereocenters. The van der Waals surface area contributed by atoms with Gasteiger partial charge in [0.2, 0.25) is 5.91 Å². The lowest BCUT2D eigenvalue weighted by molar-refractivity contribution is -0.123. The fraction of sp³-hybridized carbons (Fsp3) is 0.318. The Morgan fingerprint density at radius 1 is 1.03 bits per heavy atom. The molecule has 0 aromatic heterocycles. The van der Waals surface area contributed by atoms with Crippen LogP contribution in [0.2, 0.25) is 0 Å². The summed E-state index contributed by atoms with van der Waals surface area (Å²) in [6.45, 7) is 5.47. The molecule has 31 heavy (non-hydrogen) atoms. The van der Waals surface area contributed by atoms with Gasteiger partial charge in [-0.3, -0.25) is 14.4 Å². The maximum Gasteiger partial charge on any atom is 0.257 e. The van der Waals surface area contributed by atoms with Gasteiger partial charge in [0.15, 0.2) is 6.61 Å². The van der Waals surface area contributed by atoms with Crippen molar-refractivity contribution < 1.29 is 27.9 Å². The number of halogens is 2. The Labute approximate surface area is 179 Å². The first kappa shape index (κ1) is 23.8. The normalized spacial score (nSPS) is 11.5.